The first kappa shape index (κ1) is 31.9. The van der Waals surface area contributed by atoms with Crippen LogP contribution in [0.1, 0.15) is 0 Å². The summed E-state index contributed by atoms with van der Waals surface area (Å²) in [6.07, 6.45) is 0. The molecule has 11 aromatic rings. The smallest absolute Gasteiger partial charge is 0.164 e. The molecular formula is C51H32N4O. The number of furan rings is 1. The van der Waals surface area contributed by atoms with Crippen molar-refractivity contribution in [1.29, 1.82) is 0 Å². The van der Waals surface area contributed by atoms with Crippen molar-refractivity contribution in [3.63, 3.8) is 0 Å². The molecule has 262 valence electrons. The van der Waals surface area contributed by atoms with Crippen LogP contribution in [0.3, 0.4) is 0 Å². The molecule has 0 amide bonds. The highest BCUT2D eigenvalue weighted by molar-refractivity contribution is 6.17. The van der Waals surface area contributed by atoms with Gasteiger partial charge in [-0.25, -0.2) is 15.0 Å². The molecular weight excluding hydrogens is 685 g/mol. The molecule has 0 atom stereocenters. The van der Waals surface area contributed by atoms with E-state index in [9.17, 15) is 0 Å². The molecule has 8 aromatic carbocycles. The van der Waals surface area contributed by atoms with Gasteiger partial charge < -0.3 is 8.98 Å². The maximum absolute atomic E-state index is 6.64. The standard InChI is InChI=1S/C51H32N4O/c1-4-13-33(14-5-1)37-19-12-20-38(29-37)34-23-26-40(27-24-34)55-45-22-11-10-21-41(45)43-32-48-44(31-46(43)55)42-28-25-39(30-47(42)56-48)51-53-49(35-15-6-2-7-16-35)52-50(54-51)36-17-8-3-9-18-36/h1-32H. The van der Waals surface area contributed by atoms with Crippen LogP contribution in [0, 0.1) is 0 Å². The van der Waals surface area contributed by atoms with Crippen molar-refractivity contribution in [2.24, 2.45) is 0 Å². The molecule has 5 nitrogen and oxygen atoms in total. The third kappa shape index (κ3) is 5.45. The summed E-state index contributed by atoms with van der Waals surface area (Å²) in [6, 6.07) is 67.6. The Labute approximate surface area is 322 Å². The van der Waals surface area contributed by atoms with Crippen molar-refractivity contribution < 1.29 is 4.42 Å². The van der Waals surface area contributed by atoms with Gasteiger partial charge in [0.2, 0.25) is 0 Å². The molecule has 11 rings (SSSR count). The molecule has 0 radical (unpaired) electrons. The van der Waals surface area contributed by atoms with E-state index in [1.54, 1.807) is 0 Å². The number of rotatable bonds is 6. The van der Waals surface area contributed by atoms with Crippen LogP contribution in [0.2, 0.25) is 0 Å². The number of aromatic nitrogens is 4. The van der Waals surface area contributed by atoms with Crippen LogP contribution in [0.15, 0.2) is 199 Å². The Morgan fingerprint density at radius 2 is 0.821 bits per heavy atom. The first-order chi connectivity index (χ1) is 27.7. The van der Waals surface area contributed by atoms with Gasteiger partial charge >= 0.3 is 0 Å². The number of para-hydroxylation sites is 1. The Morgan fingerprint density at radius 3 is 1.48 bits per heavy atom. The number of nitrogens with zero attached hydrogens (tertiary/aromatic N) is 4. The molecule has 56 heavy (non-hydrogen) atoms. The molecule has 0 aliphatic rings. The lowest BCUT2D eigenvalue weighted by Gasteiger charge is -2.10. The summed E-state index contributed by atoms with van der Waals surface area (Å²) in [6.45, 7) is 0. The second kappa shape index (κ2) is 13.0. The van der Waals surface area contributed by atoms with E-state index in [2.05, 4.69) is 138 Å². The number of fused-ring (bicyclic) bond motifs is 6. The van der Waals surface area contributed by atoms with Crippen molar-refractivity contribution in [2.75, 3.05) is 0 Å². The van der Waals surface area contributed by atoms with Gasteiger partial charge in [-0.2, -0.15) is 0 Å². The van der Waals surface area contributed by atoms with E-state index in [4.69, 9.17) is 19.4 Å². The monoisotopic (exact) mass is 716 g/mol. The summed E-state index contributed by atoms with van der Waals surface area (Å²) in [5.41, 5.74) is 12.5. The Bertz CT molecular complexity index is 3160. The van der Waals surface area contributed by atoms with Crippen molar-refractivity contribution >= 4 is 43.7 Å². The fourth-order valence-electron chi connectivity index (χ4n) is 7.90. The fraction of sp³-hybridized carbons (Fsp3) is 0. The van der Waals surface area contributed by atoms with E-state index in [0.717, 1.165) is 60.7 Å². The summed E-state index contributed by atoms with van der Waals surface area (Å²) in [7, 11) is 0. The number of benzene rings is 8. The van der Waals surface area contributed by atoms with Crippen molar-refractivity contribution in [1.82, 2.24) is 19.5 Å². The molecule has 0 saturated heterocycles. The lowest BCUT2D eigenvalue weighted by atomic mass is 9.99. The maximum atomic E-state index is 6.64. The highest BCUT2D eigenvalue weighted by Crippen LogP contribution is 2.40. The Kier molecular flexibility index (Phi) is 7.42. The lowest BCUT2D eigenvalue weighted by molar-refractivity contribution is 0.669. The minimum atomic E-state index is 0.595. The van der Waals surface area contributed by atoms with Crippen LogP contribution in [0.25, 0.3) is 106 Å². The molecule has 3 heterocycles. The zero-order valence-corrected chi connectivity index (χ0v) is 30.2. The molecule has 0 aliphatic heterocycles. The Balaban J connectivity index is 1.02. The molecule has 0 spiro atoms. The van der Waals surface area contributed by atoms with Gasteiger partial charge in [0.25, 0.3) is 0 Å². The predicted molar refractivity (Wildman–Crippen MR) is 229 cm³/mol. The van der Waals surface area contributed by atoms with Crippen molar-refractivity contribution in [3.05, 3.63) is 194 Å². The lowest BCUT2D eigenvalue weighted by Crippen LogP contribution is -2.00. The predicted octanol–water partition coefficient (Wildman–Crippen LogP) is 13.2. The quantitative estimate of drug-likeness (QED) is 0.172. The van der Waals surface area contributed by atoms with Gasteiger partial charge in [0.05, 0.1) is 11.0 Å². The van der Waals surface area contributed by atoms with Crippen molar-refractivity contribution in [3.8, 4) is 62.1 Å². The van der Waals surface area contributed by atoms with E-state index in [1.165, 1.54) is 27.6 Å². The first-order valence-electron chi connectivity index (χ1n) is 18.8. The second-order valence-electron chi connectivity index (χ2n) is 14.1. The summed E-state index contributed by atoms with van der Waals surface area (Å²) >= 11 is 0. The topological polar surface area (TPSA) is 56.7 Å². The minimum Gasteiger partial charge on any atom is -0.456 e. The molecule has 0 aliphatic carbocycles. The molecule has 0 fully saturated rings. The zero-order valence-electron chi connectivity index (χ0n) is 30.2. The van der Waals surface area contributed by atoms with Crippen LogP contribution in [-0.2, 0) is 0 Å². The van der Waals surface area contributed by atoms with Gasteiger partial charge in [-0.05, 0) is 70.8 Å². The van der Waals surface area contributed by atoms with Crippen molar-refractivity contribution in [2.45, 2.75) is 0 Å². The average molecular weight is 717 g/mol. The SMILES string of the molecule is c1ccc(-c2cccc(-c3ccc(-n4c5ccccc5c5cc6oc7cc(-c8nc(-c9ccccc9)nc(-c9ccccc9)n8)ccc7c6cc54)cc3)c2)cc1. The van der Waals surface area contributed by atoms with Crippen LogP contribution >= 0.6 is 0 Å². The highest BCUT2D eigenvalue weighted by atomic mass is 16.3. The molecule has 0 saturated carbocycles. The second-order valence-corrected chi connectivity index (χ2v) is 14.1. The normalized spacial score (nSPS) is 11.6. The third-order valence-corrected chi connectivity index (χ3v) is 10.7. The summed E-state index contributed by atoms with van der Waals surface area (Å²) in [5, 5.41) is 4.42. The van der Waals surface area contributed by atoms with Crippen LogP contribution < -0.4 is 0 Å². The van der Waals surface area contributed by atoms with E-state index >= 15 is 0 Å². The Morgan fingerprint density at radius 1 is 0.304 bits per heavy atom. The van der Waals surface area contributed by atoms with E-state index in [-0.39, 0.29) is 0 Å². The van der Waals surface area contributed by atoms with Crippen LogP contribution in [0.4, 0.5) is 0 Å². The summed E-state index contributed by atoms with van der Waals surface area (Å²) in [5.74, 6) is 1.85. The largest absolute Gasteiger partial charge is 0.456 e. The van der Waals surface area contributed by atoms with Crippen LogP contribution in [-0.4, -0.2) is 19.5 Å². The van der Waals surface area contributed by atoms with Gasteiger partial charge in [0.15, 0.2) is 17.5 Å². The minimum absolute atomic E-state index is 0.595. The molecule has 0 N–H and O–H groups in total. The van der Waals surface area contributed by atoms with E-state index < -0.39 is 0 Å². The Hall–Kier alpha value is -7.63. The molecule has 0 bridgehead atoms. The number of hydrogen-bond acceptors (Lipinski definition) is 4. The van der Waals surface area contributed by atoms with Crippen LogP contribution in [0.5, 0.6) is 0 Å². The first-order valence-corrected chi connectivity index (χ1v) is 18.8. The van der Waals surface area contributed by atoms with E-state index in [1.807, 2.05) is 60.7 Å². The van der Waals surface area contributed by atoms with Gasteiger partial charge in [0.1, 0.15) is 11.2 Å². The molecule has 5 heteroatoms. The van der Waals surface area contributed by atoms with Gasteiger partial charge in [0, 0.05) is 43.9 Å². The van der Waals surface area contributed by atoms with E-state index in [0.29, 0.717) is 17.5 Å². The number of hydrogen-bond donors (Lipinski definition) is 0. The highest BCUT2D eigenvalue weighted by Gasteiger charge is 2.18. The maximum Gasteiger partial charge on any atom is 0.164 e. The molecule has 0 unspecified atom stereocenters. The summed E-state index contributed by atoms with van der Waals surface area (Å²) < 4.78 is 9.01. The van der Waals surface area contributed by atoms with Gasteiger partial charge in [-0.15, -0.1) is 0 Å². The van der Waals surface area contributed by atoms with Gasteiger partial charge in [-0.3, -0.25) is 0 Å². The fourth-order valence-corrected chi connectivity index (χ4v) is 7.90. The summed E-state index contributed by atoms with van der Waals surface area (Å²) in [4.78, 5) is 14.8. The van der Waals surface area contributed by atoms with Gasteiger partial charge in [-0.1, -0.05) is 146 Å². The third-order valence-electron chi connectivity index (χ3n) is 10.7. The average Bonchev–Trinajstić information content (AvgIpc) is 3.80. The molecule has 3 aromatic heterocycles. The zero-order chi connectivity index (χ0) is 37.0.